The van der Waals surface area contributed by atoms with Crippen molar-refractivity contribution < 1.29 is 10.0 Å². The van der Waals surface area contributed by atoms with Gasteiger partial charge in [-0.2, -0.15) is 0 Å². The topological polar surface area (TPSA) is 71.2 Å². The van der Waals surface area contributed by atoms with Crippen LogP contribution in [0.3, 0.4) is 0 Å². The highest BCUT2D eigenvalue weighted by Gasteiger charge is 2.13. The van der Waals surface area contributed by atoms with Crippen molar-refractivity contribution in [3.05, 3.63) is 30.9 Å². The number of aromatic nitrogens is 3. The Bertz CT molecular complexity index is 470. The molecule has 15 heavy (non-hydrogen) atoms. The third-order valence-corrected chi connectivity index (χ3v) is 2.14. The molecular weight excluding hydrogens is 193 g/mol. The van der Waals surface area contributed by atoms with Gasteiger partial charge in [-0.25, -0.2) is 4.98 Å². The summed E-state index contributed by atoms with van der Waals surface area (Å²) < 4.78 is 1.84. The lowest BCUT2D eigenvalue weighted by Gasteiger charge is -2.03. The zero-order valence-corrected chi connectivity index (χ0v) is 8.20. The lowest BCUT2D eigenvalue weighted by molar-refractivity contribution is 0.425. The number of rotatable bonds is 2. The zero-order valence-electron chi connectivity index (χ0n) is 8.20. The third-order valence-electron chi connectivity index (χ3n) is 2.14. The van der Waals surface area contributed by atoms with E-state index in [1.54, 1.807) is 18.5 Å². The lowest BCUT2D eigenvalue weighted by atomic mass is 9.81. The second kappa shape index (κ2) is 3.84. The highest BCUT2D eigenvalue weighted by molar-refractivity contribution is 6.58. The van der Waals surface area contributed by atoms with Gasteiger partial charge in [-0.15, -0.1) is 0 Å². The average Bonchev–Trinajstić information content (AvgIpc) is 2.64. The molecule has 0 aliphatic rings. The minimum absolute atomic E-state index is 0.357. The average molecular weight is 203 g/mol. The molecular formula is C9H10BN3O2. The Labute approximate surface area is 87.2 Å². The summed E-state index contributed by atoms with van der Waals surface area (Å²) in [6.45, 7) is 0. The first-order chi connectivity index (χ1) is 7.18. The number of pyridine rings is 1. The SMILES string of the molecule is Cn1ccnc1-c1cncc(B(O)O)c1. The summed E-state index contributed by atoms with van der Waals surface area (Å²) in [5.41, 5.74) is 1.11. The molecule has 5 nitrogen and oxygen atoms in total. The number of aryl methyl sites for hydroxylation is 1. The van der Waals surface area contributed by atoms with E-state index in [2.05, 4.69) is 9.97 Å². The Morgan fingerprint density at radius 3 is 2.73 bits per heavy atom. The van der Waals surface area contributed by atoms with E-state index in [9.17, 15) is 0 Å². The maximum Gasteiger partial charge on any atom is 0.490 e. The first-order valence-corrected chi connectivity index (χ1v) is 4.47. The van der Waals surface area contributed by atoms with Gasteiger partial charge >= 0.3 is 7.12 Å². The van der Waals surface area contributed by atoms with Gasteiger partial charge in [-0.05, 0) is 6.07 Å². The normalized spacial score (nSPS) is 10.3. The van der Waals surface area contributed by atoms with Crippen molar-refractivity contribution in [2.75, 3.05) is 0 Å². The van der Waals surface area contributed by atoms with Crippen LogP contribution in [0, 0.1) is 0 Å². The largest absolute Gasteiger partial charge is 0.490 e. The Kier molecular flexibility index (Phi) is 2.53. The zero-order chi connectivity index (χ0) is 10.8. The summed E-state index contributed by atoms with van der Waals surface area (Å²) in [4.78, 5) is 8.08. The van der Waals surface area contributed by atoms with Gasteiger partial charge in [-0.1, -0.05) is 0 Å². The molecule has 0 aromatic carbocycles. The second-order valence-corrected chi connectivity index (χ2v) is 3.24. The van der Waals surface area contributed by atoms with Crippen LogP contribution in [-0.4, -0.2) is 31.7 Å². The van der Waals surface area contributed by atoms with Crippen LogP contribution in [0.25, 0.3) is 11.4 Å². The number of hydrogen-bond donors (Lipinski definition) is 2. The van der Waals surface area contributed by atoms with Gasteiger partial charge in [0.15, 0.2) is 0 Å². The first kappa shape index (κ1) is 9.88. The van der Waals surface area contributed by atoms with Crippen molar-refractivity contribution in [2.45, 2.75) is 0 Å². The van der Waals surface area contributed by atoms with Crippen molar-refractivity contribution in [1.29, 1.82) is 0 Å². The Morgan fingerprint density at radius 2 is 2.13 bits per heavy atom. The molecule has 0 fully saturated rings. The van der Waals surface area contributed by atoms with Gasteiger partial charge in [-0.3, -0.25) is 4.98 Å². The molecule has 0 unspecified atom stereocenters. The van der Waals surface area contributed by atoms with E-state index in [0.717, 1.165) is 11.4 Å². The van der Waals surface area contributed by atoms with E-state index in [1.165, 1.54) is 6.20 Å². The van der Waals surface area contributed by atoms with Crippen molar-refractivity contribution in [3.8, 4) is 11.4 Å². The van der Waals surface area contributed by atoms with Crippen LogP contribution in [0.5, 0.6) is 0 Å². The van der Waals surface area contributed by atoms with Crippen LogP contribution in [-0.2, 0) is 7.05 Å². The quantitative estimate of drug-likeness (QED) is 0.624. The van der Waals surface area contributed by atoms with Crippen molar-refractivity contribution >= 4 is 12.6 Å². The van der Waals surface area contributed by atoms with E-state index in [1.807, 2.05) is 17.8 Å². The molecule has 0 saturated heterocycles. The summed E-state index contributed by atoms with van der Waals surface area (Å²) in [5.74, 6) is 0.741. The molecule has 0 aliphatic carbocycles. The van der Waals surface area contributed by atoms with Gasteiger partial charge in [0.2, 0.25) is 0 Å². The van der Waals surface area contributed by atoms with Crippen LogP contribution in [0.4, 0.5) is 0 Å². The van der Waals surface area contributed by atoms with Crippen molar-refractivity contribution in [3.63, 3.8) is 0 Å². The van der Waals surface area contributed by atoms with Gasteiger partial charge in [0.1, 0.15) is 5.82 Å². The lowest BCUT2D eigenvalue weighted by Crippen LogP contribution is -2.30. The van der Waals surface area contributed by atoms with Crippen LogP contribution in [0.15, 0.2) is 30.9 Å². The maximum absolute atomic E-state index is 9.00. The standard InChI is InChI=1S/C9H10BN3O2/c1-13-3-2-12-9(13)7-4-8(10(14)15)6-11-5-7/h2-6,14-15H,1H3. The first-order valence-electron chi connectivity index (χ1n) is 4.47. The summed E-state index contributed by atoms with van der Waals surface area (Å²) in [6.07, 6.45) is 6.54. The molecule has 0 radical (unpaired) electrons. The monoisotopic (exact) mass is 203 g/mol. The molecule has 2 N–H and O–H groups in total. The molecule has 2 aromatic heterocycles. The summed E-state index contributed by atoms with van der Waals surface area (Å²) >= 11 is 0. The molecule has 0 aliphatic heterocycles. The third kappa shape index (κ3) is 1.90. The molecule has 2 rings (SSSR count). The van der Waals surface area contributed by atoms with E-state index in [-0.39, 0.29) is 0 Å². The molecule has 0 atom stereocenters. The minimum Gasteiger partial charge on any atom is -0.423 e. The molecule has 0 bridgehead atoms. The molecule has 0 amide bonds. The van der Waals surface area contributed by atoms with E-state index >= 15 is 0 Å². The van der Waals surface area contributed by atoms with Gasteiger partial charge in [0.05, 0.1) is 0 Å². The van der Waals surface area contributed by atoms with Crippen molar-refractivity contribution in [1.82, 2.24) is 14.5 Å². The summed E-state index contributed by atoms with van der Waals surface area (Å²) in [5, 5.41) is 18.0. The Hall–Kier alpha value is -1.66. The van der Waals surface area contributed by atoms with Crippen molar-refractivity contribution in [2.24, 2.45) is 7.05 Å². The summed E-state index contributed by atoms with van der Waals surface area (Å²) in [6, 6.07) is 1.65. The summed E-state index contributed by atoms with van der Waals surface area (Å²) in [7, 11) is 0.363. The van der Waals surface area contributed by atoms with E-state index in [0.29, 0.717) is 5.46 Å². The highest BCUT2D eigenvalue weighted by atomic mass is 16.4. The number of hydrogen-bond acceptors (Lipinski definition) is 4. The van der Waals surface area contributed by atoms with Gasteiger partial charge < -0.3 is 14.6 Å². The highest BCUT2D eigenvalue weighted by Crippen LogP contribution is 2.13. The Morgan fingerprint density at radius 1 is 1.33 bits per heavy atom. The van der Waals surface area contributed by atoms with Crippen LogP contribution in [0.2, 0.25) is 0 Å². The van der Waals surface area contributed by atoms with Crippen LogP contribution in [0.1, 0.15) is 0 Å². The molecule has 2 aromatic rings. The predicted molar refractivity (Wildman–Crippen MR) is 56.3 cm³/mol. The minimum atomic E-state index is -1.50. The second-order valence-electron chi connectivity index (χ2n) is 3.24. The molecule has 76 valence electrons. The Balaban J connectivity index is 2.46. The van der Waals surface area contributed by atoms with Gasteiger partial charge in [0.25, 0.3) is 0 Å². The maximum atomic E-state index is 9.00. The van der Waals surface area contributed by atoms with Crippen LogP contribution < -0.4 is 5.46 Å². The number of imidazole rings is 1. The molecule has 6 heteroatoms. The van der Waals surface area contributed by atoms with Crippen LogP contribution >= 0.6 is 0 Å². The fraction of sp³-hybridized carbons (Fsp3) is 0.111. The fourth-order valence-electron chi connectivity index (χ4n) is 1.36. The smallest absolute Gasteiger partial charge is 0.423 e. The fourth-order valence-corrected chi connectivity index (χ4v) is 1.36. The molecule has 2 heterocycles. The predicted octanol–water partition coefficient (Wildman–Crippen LogP) is -0.838. The molecule has 0 spiro atoms. The van der Waals surface area contributed by atoms with E-state index < -0.39 is 7.12 Å². The number of nitrogens with zero attached hydrogens (tertiary/aromatic N) is 3. The molecule has 0 saturated carbocycles. The van der Waals surface area contributed by atoms with Gasteiger partial charge in [0, 0.05) is 42.9 Å². The van der Waals surface area contributed by atoms with E-state index in [4.69, 9.17) is 10.0 Å².